The lowest BCUT2D eigenvalue weighted by Gasteiger charge is -2.09. The third-order valence-corrected chi connectivity index (χ3v) is 3.72. The Bertz CT molecular complexity index is 672. The summed E-state index contributed by atoms with van der Waals surface area (Å²) in [5.41, 5.74) is 3.68. The van der Waals surface area contributed by atoms with E-state index in [0.717, 1.165) is 18.4 Å². The van der Waals surface area contributed by atoms with Crippen molar-refractivity contribution >= 4 is 10.8 Å². The summed E-state index contributed by atoms with van der Waals surface area (Å²) in [5, 5.41) is 11.4. The second-order valence-electron chi connectivity index (χ2n) is 5.20. The molecule has 2 rings (SSSR count). The summed E-state index contributed by atoms with van der Waals surface area (Å²) in [7, 11) is 0. The fraction of sp³-hybridized carbons (Fsp3) is 0.200. The molecule has 0 radical (unpaired) electrons. The Morgan fingerprint density at radius 1 is 1.14 bits per heavy atom. The number of aryl methyl sites for hydroxylation is 1. The minimum Gasteiger partial charge on any atom is -0.392 e. The highest BCUT2D eigenvalue weighted by Crippen LogP contribution is 2.22. The Labute approximate surface area is 126 Å². The smallest absolute Gasteiger partial charge is 0.0615 e. The number of benzene rings is 2. The number of allylic oxidation sites excluding steroid dienone is 4. The van der Waals surface area contributed by atoms with Crippen molar-refractivity contribution in [2.75, 3.05) is 6.61 Å². The Balaban J connectivity index is 2.06. The normalized spacial score (nSPS) is 12.2. The molecule has 0 aromatic heterocycles. The molecule has 108 valence electrons. The van der Waals surface area contributed by atoms with Gasteiger partial charge in [0.05, 0.1) is 6.61 Å². The molecule has 0 spiro atoms. The average molecular weight is 278 g/mol. The van der Waals surface area contributed by atoms with Gasteiger partial charge in [-0.25, -0.2) is 0 Å². The summed E-state index contributed by atoms with van der Waals surface area (Å²) < 4.78 is 0. The number of hydrogen-bond acceptors (Lipinski definition) is 1. The van der Waals surface area contributed by atoms with Crippen molar-refractivity contribution in [1.29, 1.82) is 0 Å². The molecule has 0 atom stereocenters. The maximum absolute atomic E-state index is 8.73. The van der Waals surface area contributed by atoms with Crippen LogP contribution in [-0.4, -0.2) is 11.7 Å². The van der Waals surface area contributed by atoms with Crippen LogP contribution in [-0.2, 0) is 6.42 Å². The van der Waals surface area contributed by atoms with Gasteiger partial charge in [0.25, 0.3) is 0 Å². The lowest BCUT2D eigenvalue weighted by Crippen LogP contribution is -1.91. The largest absolute Gasteiger partial charge is 0.392 e. The van der Waals surface area contributed by atoms with E-state index in [-0.39, 0.29) is 6.61 Å². The van der Waals surface area contributed by atoms with Crippen molar-refractivity contribution in [3.05, 3.63) is 84.0 Å². The first-order chi connectivity index (χ1) is 10.2. The lowest BCUT2D eigenvalue weighted by atomic mass is 9.96. The zero-order chi connectivity index (χ0) is 15.1. The van der Waals surface area contributed by atoms with Gasteiger partial charge >= 0.3 is 0 Å². The second-order valence-corrected chi connectivity index (χ2v) is 5.20. The van der Waals surface area contributed by atoms with Gasteiger partial charge in [-0.05, 0) is 41.7 Å². The van der Waals surface area contributed by atoms with Gasteiger partial charge in [-0.15, -0.1) is 0 Å². The van der Waals surface area contributed by atoms with Crippen LogP contribution in [0.15, 0.2) is 78.4 Å². The van der Waals surface area contributed by atoms with E-state index in [1.54, 1.807) is 6.08 Å². The molecule has 0 aliphatic heterocycles. The molecule has 0 unspecified atom stereocenters. The molecule has 0 aliphatic carbocycles. The summed E-state index contributed by atoms with van der Waals surface area (Å²) in [6.45, 7) is 6.30. The van der Waals surface area contributed by atoms with Gasteiger partial charge < -0.3 is 5.11 Å². The van der Waals surface area contributed by atoms with Crippen LogP contribution in [0.4, 0.5) is 0 Å². The first-order valence-electron chi connectivity index (χ1n) is 7.31. The molecule has 0 fully saturated rings. The van der Waals surface area contributed by atoms with Crippen molar-refractivity contribution in [1.82, 2.24) is 0 Å². The third kappa shape index (κ3) is 4.17. The summed E-state index contributed by atoms with van der Waals surface area (Å²) >= 11 is 0. The van der Waals surface area contributed by atoms with Crippen molar-refractivity contribution in [2.45, 2.75) is 19.8 Å². The van der Waals surface area contributed by atoms with Crippen LogP contribution >= 0.6 is 0 Å². The first-order valence-corrected chi connectivity index (χ1v) is 7.31. The van der Waals surface area contributed by atoms with E-state index in [0.29, 0.717) is 0 Å². The zero-order valence-electron chi connectivity index (χ0n) is 12.5. The molecule has 0 amide bonds. The monoisotopic (exact) mass is 278 g/mol. The number of hydrogen-bond donors (Lipinski definition) is 1. The van der Waals surface area contributed by atoms with Crippen LogP contribution in [0.3, 0.4) is 0 Å². The van der Waals surface area contributed by atoms with Crippen LogP contribution in [0.25, 0.3) is 10.8 Å². The van der Waals surface area contributed by atoms with Crippen LogP contribution in [0, 0.1) is 0 Å². The summed E-state index contributed by atoms with van der Waals surface area (Å²) in [6, 6.07) is 15.0. The maximum Gasteiger partial charge on any atom is 0.0615 e. The molecule has 21 heavy (non-hydrogen) atoms. The molecule has 0 saturated carbocycles. The Morgan fingerprint density at radius 3 is 2.71 bits per heavy atom. The SMILES string of the molecule is C=C(CCc1cccc2ccccc12)/C(C)=C\C=C/CO. The van der Waals surface area contributed by atoms with Gasteiger partial charge in [-0.3, -0.25) is 0 Å². The molecule has 1 N–H and O–H groups in total. The molecule has 0 heterocycles. The van der Waals surface area contributed by atoms with Gasteiger partial charge in [0.2, 0.25) is 0 Å². The maximum atomic E-state index is 8.73. The predicted octanol–water partition coefficient (Wildman–Crippen LogP) is 4.82. The molecular weight excluding hydrogens is 256 g/mol. The van der Waals surface area contributed by atoms with Gasteiger partial charge in [0.15, 0.2) is 0 Å². The van der Waals surface area contributed by atoms with Crippen LogP contribution in [0.5, 0.6) is 0 Å². The molecule has 2 aromatic rings. The van der Waals surface area contributed by atoms with E-state index in [2.05, 4.69) is 56.0 Å². The van der Waals surface area contributed by atoms with E-state index in [9.17, 15) is 0 Å². The number of aliphatic hydroxyl groups excluding tert-OH is 1. The Morgan fingerprint density at radius 2 is 1.90 bits per heavy atom. The van der Waals surface area contributed by atoms with Crippen molar-refractivity contribution in [3.63, 3.8) is 0 Å². The quantitative estimate of drug-likeness (QED) is 0.751. The summed E-state index contributed by atoms with van der Waals surface area (Å²) in [5.74, 6) is 0. The van der Waals surface area contributed by atoms with Gasteiger partial charge in [0, 0.05) is 0 Å². The standard InChI is InChI=1S/C20H22O/c1-16(8-5-6-15-21)17(2)13-14-19-11-7-10-18-9-3-4-12-20(18)19/h3-12,21H,2,13-15H2,1H3/b6-5-,16-8-. The van der Waals surface area contributed by atoms with E-state index >= 15 is 0 Å². The molecule has 0 aliphatic rings. The van der Waals surface area contributed by atoms with Crippen molar-refractivity contribution in [2.24, 2.45) is 0 Å². The highest BCUT2D eigenvalue weighted by atomic mass is 16.2. The van der Waals surface area contributed by atoms with E-state index in [4.69, 9.17) is 5.11 Å². The Hall–Kier alpha value is -2.12. The van der Waals surface area contributed by atoms with Crippen molar-refractivity contribution in [3.8, 4) is 0 Å². The summed E-state index contributed by atoms with van der Waals surface area (Å²) in [4.78, 5) is 0. The molecule has 2 aromatic carbocycles. The fourth-order valence-electron chi connectivity index (χ4n) is 2.38. The molecule has 0 saturated heterocycles. The minimum atomic E-state index is 0.0757. The lowest BCUT2D eigenvalue weighted by molar-refractivity contribution is 0.343. The number of aliphatic hydroxyl groups is 1. The van der Waals surface area contributed by atoms with E-state index < -0.39 is 0 Å². The van der Waals surface area contributed by atoms with E-state index in [1.807, 2.05) is 12.2 Å². The van der Waals surface area contributed by atoms with Crippen molar-refractivity contribution < 1.29 is 5.11 Å². The molecule has 1 nitrogen and oxygen atoms in total. The second kappa shape index (κ2) is 7.61. The van der Waals surface area contributed by atoms with Crippen LogP contribution in [0.1, 0.15) is 18.9 Å². The molecule has 0 bridgehead atoms. The van der Waals surface area contributed by atoms with E-state index in [1.165, 1.54) is 21.9 Å². The average Bonchev–Trinajstić information content (AvgIpc) is 2.52. The number of fused-ring (bicyclic) bond motifs is 1. The fourth-order valence-corrected chi connectivity index (χ4v) is 2.38. The predicted molar refractivity (Wildman–Crippen MR) is 91.4 cm³/mol. The summed E-state index contributed by atoms with van der Waals surface area (Å²) in [6.07, 6.45) is 7.54. The van der Waals surface area contributed by atoms with Gasteiger partial charge in [-0.1, -0.05) is 72.8 Å². The Kier molecular flexibility index (Phi) is 5.53. The zero-order valence-corrected chi connectivity index (χ0v) is 12.5. The third-order valence-electron chi connectivity index (χ3n) is 3.72. The number of rotatable bonds is 6. The molecule has 1 heteroatoms. The van der Waals surface area contributed by atoms with Crippen LogP contribution < -0.4 is 0 Å². The first kappa shape index (κ1) is 15.3. The molecular formula is C20H22O. The van der Waals surface area contributed by atoms with Gasteiger partial charge in [0.1, 0.15) is 0 Å². The minimum absolute atomic E-state index is 0.0757. The highest BCUT2D eigenvalue weighted by molar-refractivity contribution is 5.85. The van der Waals surface area contributed by atoms with Crippen LogP contribution in [0.2, 0.25) is 0 Å². The topological polar surface area (TPSA) is 20.2 Å². The van der Waals surface area contributed by atoms with Gasteiger partial charge in [-0.2, -0.15) is 0 Å². The highest BCUT2D eigenvalue weighted by Gasteiger charge is 2.02.